The number of nitrogens with zero attached hydrogens (tertiary/aromatic N) is 4. The van der Waals surface area contributed by atoms with Crippen molar-refractivity contribution in [2.24, 2.45) is 4.99 Å². The molecule has 3 atom stereocenters. The number of para-hydroxylation sites is 1. The van der Waals surface area contributed by atoms with Crippen LogP contribution in [0.4, 0.5) is 0 Å². The first kappa shape index (κ1) is 21.3. The number of aromatic nitrogens is 2. The van der Waals surface area contributed by atoms with E-state index in [0.717, 1.165) is 24.3 Å². The number of hydrogen-bond donors (Lipinski definition) is 0. The summed E-state index contributed by atoms with van der Waals surface area (Å²) in [5, 5.41) is 1.19. The van der Waals surface area contributed by atoms with Crippen molar-refractivity contribution in [2.45, 2.75) is 65.6 Å². The lowest BCUT2D eigenvalue weighted by Gasteiger charge is -2.32. The molecule has 0 N–H and O–H groups in total. The maximum absolute atomic E-state index is 5.21. The van der Waals surface area contributed by atoms with Crippen molar-refractivity contribution in [3.63, 3.8) is 0 Å². The van der Waals surface area contributed by atoms with Crippen LogP contribution in [0, 0.1) is 20.8 Å². The molecule has 1 aromatic carbocycles. The SMILES string of the molecule is CCc1cccc(C)c1-n1c(C)cc(C2C(c3ccccn3)N=C3SCC(CC)N32)c1C. The summed E-state index contributed by atoms with van der Waals surface area (Å²) < 4.78 is 2.47. The number of aryl methyl sites for hydroxylation is 3. The van der Waals surface area contributed by atoms with Crippen LogP contribution in [0.3, 0.4) is 0 Å². The predicted molar refractivity (Wildman–Crippen MR) is 135 cm³/mol. The molecule has 1 saturated heterocycles. The maximum atomic E-state index is 5.21. The van der Waals surface area contributed by atoms with Crippen LogP contribution in [0.1, 0.15) is 66.1 Å². The minimum atomic E-state index is 0.0320. The summed E-state index contributed by atoms with van der Waals surface area (Å²) >= 11 is 1.91. The Kier molecular flexibility index (Phi) is 5.62. The highest BCUT2D eigenvalue weighted by molar-refractivity contribution is 8.14. The molecule has 4 heterocycles. The van der Waals surface area contributed by atoms with Crippen molar-refractivity contribution in [3.05, 3.63) is 82.4 Å². The number of amidine groups is 1. The molecule has 0 saturated carbocycles. The molecule has 0 amide bonds. The highest BCUT2D eigenvalue weighted by Crippen LogP contribution is 2.50. The first-order chi connectivity index (χ1) is 15.5. The molecule has 32 heavy (non-hydrogen) atoms. The van der Waals surface area contributed by atoms with Gasteiger partial charge in [-0.05, 0) is 68.5 Å². The first-order valence-electron chi connectivity index (χ1n) is 11.7. The van der Waals surface area contributed by atoms with Gasteiger partial charge in [-0.1, -0.05) is 49.9 Å². The molecule has 5 heteroatoms. The molecule has 4 nitrogen and oxygen atoms in total. The van der Waals surface area contributed by atoms with E-state index in [1.54, 1.807) is 0 Å². The van der Waals surface area contributed by atoms with Crippen LogP contribution in [-0.4, -0.2) is 31.4 Å². The first-order valence-corrected chi connectivity index (χ1v) is 12.7. The smallest absolute Gasteiger partial charge is 0.160 e. The Balaban J connectivity index is 1.67. The summed E-state index contributed by atoms with van der Waals surface area (Å²) in [4.78, 5) is 12.5. The summed E-state index contributed by atoms with van der Waals surface area (Å²) in [6.07, 6.45) is 4.05. The number of benzene rings is 1. The van der Waals surface area contributed by atoms with Crippen molar-refractivity contribution in [1.29, 1.82) is 0 Å². The molecule has 166 valence electrons. The highest BCUT2D eigenvalue weighted by Gasteiger charge is 2.46. The van der Waals surface area contributed by atoms with E-state index in [9.17, 15) is 0 Å². The Morgan fingerprint density at radius 2 is 1.91 bits per heavy atom. The Bertz CT molecular complexity index is 1160. The van der Waals surface area contributed by atoms with Gasteiger partial charge in [-0.15, -0.1) is 0 Å². The van der Waals surface area contributed by atoms with E-state index in [0.29, 0.717) is 6.04 Å². The minimum Gasteiger partial charge on any atom is -0.338 e. The van der Waals surface area contributed by atoms with Crippen molar-refractivity contribution < 1.29 is 0 Å². The van der Waals surface area contributed by atoms with E-state index in [1.807, 2.05) is 24.0 Å². The molecule has 0 radical (unpaired) electrons. The van der Waals surface area contributed by atoms with E-state index in [4.69, 9.17) is 9.98 Å². The molecular weight excluding hydrogens is 412 g/mol. The zero-order chi connectivity index (χ0) is 22.4. The van der Waals surface area contributed by atoms with Crippen LogP contribution in [0.15, 0.2) is 53.7 Å². The quantitative estimate of drug-likeness (QED) is 0.460. The zero-order valence-electron chi connectivity index (χ0n) is 19.7. The maximum Gasteiger partial charge on any atom is 0.160 e. The van der Waals surface area contributed by atoms with Crippen molar-refractivity contribution >= 4 is 16.9 Å². The number of aliphatic imine (C=N–C) groups is 1. The van der Waals surface area contributed by atoms with Gasteiger partial charge in [-0.3, -0.25) is 9.98 Å². The van der Waals surface area contributed by atoms with Gasteiger partial charge in [-0.2, -0.15) is 0 Å². The average Bonchev–Trinajstić information content (AvgIpc) is 3.46. The van der Waals surface area contributed by atoms with Gasteiger partial charge in [0, 0.05) is 29.4 Å². The van der Waals surface area contributed by atoms with E-state index >= 15 is 0 Å². The van der Waals surface area contributed by atoms with Gasteiger partial charge in [-0.25, -0.2) is 0 Å². The molecule has 3 aromatic rings. The zero-order valence-corrected chi connectivity index (χ0v) is 20.5. The number of thioether (sulfide) groups is 1. The van der Waals surface area contributed by atoms with Crippen LogP contribution in [0.2, 0.25) is 0 Å². The standard InChI is InChI=1S/C27H32N4S/c1-6-20-12-10-11-17(3)25(20)30-18(4)15-22(19(30)5)26-24(23-13-8-9-14-28-23)29-27-31(26)21(7-2)16-32-27/h8-15,21,24,26H,6-7,16H2,1-5H3. The summed E-state index contributed by atoms with van der Waals surface area (Å²) in [5.41, 5.74) is 9.10. The lowest BCUT2D eigenvalue weighted by atomic mass is 9.95. The number of rotatable bonds is 5. The second-order valence-corrected chi connectivity index (χ2v) is 9.92. The molecule has 0 bridgehead atoms. The van der Waals surface area contributed by atoms with Gasteiger partial charge in [0.25, 0.3) is 0 Å². The monoisotopic (exact) mass is 444 g/mol. The highest BCUT2D eigenvalue weighted by atomic mass is 32.2. The van der Waals surface area contributed by atoms with Crippen LogP contribution in [0.5, 0.6) is 0 Å². The Morgan fingerprint density at radius 1 is 1.06 bits per heavy atom. The number of fused-ring (bicyclic) bond motifs is 1. The predicted octanol–water partition coefficient (Wildman–Crippen LogP) is 6.34. The van der Waals surface area contributed by atoms with Crippen LogP contribution < -0.4 is 0 Å². The molecule has 2 aromatic heterocycles. The molecule has 0 spiro atoms. The van der Waals surface area contributed by atoms with Gasteiger partial charge in [0.05, 0.1) is 17.4 Å². The molecule has 5 rings (SSSR count). The van der Waals surface area contributed by atoms with E-state index < -0.39 is 0 Å². The summed E-state index contributed by atoms with van der Waals surface area (Å²) in [5.74, 6) is 1.12. The fraction of sp³-hybridized carbons (Fsp3) is 0.407. The van der Waals surface area contributed by atoms with Gasteiger partial charge in [0.15, 0.2) is 5.17 Å². The van der Waals surface area contributed by atoms with Gasteiger partial charge >= 0.3 is 0 Å². The molecule has 2 aliphatic rings. The topological polar surface area (TPSA) is 33.4 Å². The third-order valence-electron chi connectivity index (χ3n) is 7.04. The molecular formula is C27H32N4S. The van der Waals surface area contributed by atoms with Crippen molar-refractivity contribution in [3.8, 4) is 5.69 Å². The van der Waals surface area contributed by atoms with Gasteiger partial charge in [0.2, 0.25) is 0 Å². The van der Waals surface area contributed by atoms with Crippen molar-refractivity contribution in [1.82, 2.24) is 14.5 Å². The Labute approximate surface area is 195 Å². The number of hydrogen-bond acceptors (Lipinski definition) is 4. The Hall–Kier alpha value is -2.53. The Morgan fingerprint density at radius 3 is 2.62 bits per heavy atom. The van der Waals surface area contributed by atoms with E-state index in [1.165, 1.54) is 38.9 Å². The second-order valence-electron chi connectivity index (χ2n) is 8.93. The molecule has 2 aliphatic heterocycles. The molecule has 3 unspecified atom stereocenters. The lowest BCUT2D eigenvalue weighted by Crippen LogP contribution is -2.35. The van der Waals surface area contributed by atoms with Gasteiger partial charge in [0.1, 0.15) is 6.04 Å². The fourth-order valence-corrected chi connectivity index (χ4v) is 6.78. The number of pyridine rings is 1. The van der Waals surface area contributed by atoms with Crippen molar-refractivity contribution in [2.75, 3.05) is 5.75 Å². The third kappa shape index (κ3) is 3.29. The van der Waals surface area contributed by atoms with Crippen LogP contribution in [0.25, 0.3) is 5.69 Å². The molecule has 0 aliphatic carbocycles. The van der Waals surface area contributed by atoms with Crippen LogP contribution in [-0.2, 0) is 6.42 Å². The van der Waals surface area contributed by atoms with E-state index in [2.05, 4.69) is 80.5 Å². The van der Waals surface area contributed by atoms with Gasteiger partial charge < -0.3 is 9.47 Å². The largest absolute Gasteiger partial charge is 0.338 e. The molecule has 1 fully saturated rings. The fourth-order valence-electron chi connectivity index (χ4n) is 5.44. The second kappa shape index (κ2) is 8.43. The lowest BCUT2D eigenvalue weighted by molar-refractivity contribution is 0.254. The minimum absolute atomic E-state index is 0.0320. The summed E-state index contributed by atoms with van der Waals surface area (Å²) in [7, 11) is 0. The third-order valence-corrected chi connectivity index (χ3v) is 8.17. The van der Waals surface area contributed by atoms with E-state index in [-0.39, 0.29) is 12.1 Å². The summed E-state index contributed by atoms with van der Waals surface area (Å²) in [6.45, 7) is 11.3. The van der Waals surface area contributed by atoms with Crippen LogP contribution >= 0.6 is 11.8 Å². The summed E-state index contributed by atoms with van der Waals surface area (Å²) in [6, 6.07) is 16.0. The average molecular weight is 445 g/mol. The normalized spacial score (nSPS) is 22.3.